The van der Waals surface area contributed by atoms with Gasteiger partial charge in [-0.1, -0.05) is 65.7 Å². The summed E-state index contributed by atoms with van der Waals surface area (Å²) in [6.07, 6.45) is -0.997. The van der Waals surface area contributed by atoms with Gasteiger partial charge in [-0.3, -0.25) is 9.59 Å². The third-order valence-corrected chi connectivity index (χ3v) is 5.28. The van der Waals surface area contributed by atoms with Gasteiger partial charge in [0.05, 0.1) is 20.6 Å². The summed E-state index contributed by atoms with van der Waals surface area (Å²) in [5.41, 5.74) is 0.926. The molecule has 3 aromatic rings. The molecule has 1 atom stereocenters. The van der Waals surface area contributed by atoms with Gasteiger partial charge in [0.25, 0.3) is 5.91 Å². The Balaban J connectivity index is 1.89. The molecule has 4 nitrogen and oxygen atoms in total. The lowest BCUT2D eigenvalue weighted by Gasteiger charge is -2.21. The van der Waals surface area contributed by atoms with Crippen LogP contribution in [0.25, 0.3) is 0 Å². The molecule has 1 amide bonds. The van der Waals surface area contributed by atoms with Gasteiger partial charge in [0.2, 0.25) is 5.78 Å². The normalized spacial score (nSPS) is 11.6. The van der Waals surface area contributed by atoms with Gasteiger partial charge in [-0.2, -0.15) is 0 Å². The van der Waals surface area contributed by atoms with Crippen LogP contribution in [0.15, 0.2) is 66.0 Å². The monoisotopic (exact) mass is 404 g/mol. The number of hydrogen-bond donors (Lipinski definition) is 2. The maximum absolute atomic E-state index is 12.9. The van der Waals surface area contributed by atoms with Gasteiger partial charge in [0.15, 0.2) is 6.17 Å². The highest BCUT2D eigenvalue weighted by atomic mass is 35.5. The van der Waals surface area contributed by atoms with Crippen LogP contribution < -0.4 is 10.6 Å². The molecule has 0 saturated heterocycles. The molecule has 0 unspecified atom stereocenters. The number of carbonyl (C=O) groups excluding carboxylic acids is 2. The zero-order valence-electron chi connectivity index (χ0n) is 13.4. The second-order valence-electron chi connectivity index (χ2n) is 5.36. The molecule has 2 N–H and O–H groups in total. The molecule has 0 aliphatic carbocycles. The number of anilines is 1. The van der Waals surface area contributed by atoms with Crippen LogP contribution in [0.1, 0.15) is 20.0 Å². The van der Waals surface area contributed by atoms with Crippen molar-refractivity contribution in [1.29, 1.82) is 0 Å². The predicted molar refractivity (Wildman–Crippen MR) is 106 cm³/mol. The van der Waals surface area contributed by atoms with Crippen LogP contribution in [-0.2, 0) is 0 Å². The summed E-state index contributed by atoms with van der Waals surface area (Å²) in [4.78, 5) is 25.9. The average molecular weight is 405 g/mol. The van der Waals surface area contributed by atoms with Crippen molar-refractivity contribution in [3.8, 4) is 0 Å². The first kappa shape index (κ1) is 18.5. The summed E-state index contributed by atoms with van der Waals surface area (Å²) in [7, 11) is 0. The van der Waals surface area contributed by atoms with Crippen LogP contribution in [0.5, 0.6) is 0 Å². The standard InChI is InChI=1S/C19H14Cl2N2O2S/c20-13-8-4-9-14(16(13)21)22-18(17(24)12-6-2-1-3-7-12)23-19(25)15-10-5-11-26-15/h1-11,18,22H,(H,23,25)/t18-/m1/s1. The lowest BCUT2D eigenvalue weighted by molar-refractivity contribution is 0.0872. The number of ketones is 1. The van der Waals surface area contributed by atoms with Crippen LogP contribution in [-0.4, -0.2) is 17.9 Å². The molecule has 7 heteroatoms. The van der Waals surface area contributed by atoms with E-state index in [9.17, 15) is 9.59 Å². The number of halogens is 2. The van der Waals surface area contributed by atoms with E-state index < -0.39 is 6.17 Å². The summed E-state index contributed by atoms with van der Waals surface area (Å²) < 4.78 is 0. The van der Waals surface area contributed by atoms with E-state index >= 15 is 0 Å². The lowest BCUT2D eigenvalue weighted by atomic mass is 10.1. The van der Waals surface area contributed by atoms with Crippen LogP contribution in [0, 0.1) is 0 Å². The van der Waals surface area contributed by atoms with E-state index in [-0.39, 0.29) is 16.7 Å². The Morgan fingerprint density at radius 1 is 0.923 bits per heavy atom. The molecule has 26 heavy (non-hydrogen) atoms. The summed E-state index contributed by atoms with van der Waals surface area (Å²) >= 11 is 13.5. The summed E-state index contributed by atoms with van der Waals surface area (Å²) in [6.45, 7) is 0. The summed E-state index contributed by atoms with van der Waals surface area (Å²) in [6, 6.07) is 17.2. The molecule has 0 radical (unpaired) electrons. The third kappa shape index (κ3) is 4.25. The summed E-state index contributed by atoms with van der Waals surface area (Å²) in [5.74, 6) is -0.633. The first-order valence-corrected chi connectivity index (χ1v) is 9.34. The Bertz CT molecular complexity index is 915. The van der Waals surface area contributed by atoms with Gasteiger partial charge in [-0.25, -0.2) is 0 Å². The highest BCUT2D eigenvalue weighted by Crippen LogP contribution is 2.30. The van der Waals surface area contributed by atoms with E-state index in [0.717, 1.165) is 0 Å². The smallest absolute Gasteiger partial charge is 0.263 e. The molecule has 2 aromatic carbocycles. The van der Waals surface area contributed by atoms with Crippen molar-refractivity contribution in [3.63, 3.8) is 0 Å². The molecule has 0 fully saturated rings. The molecule has 0 aliphatic heterocycles. The Labute approximate surface area is 164 Å². The van der Waals surface area contributed by atoms with E-state index in [1.165, 1.54) is 11.3 Å². The van der Waals surface area contributed by atoms with Gasteiger partial charge >= 0.3 is 0 Å². The number of benzene rings is 2. The minimum absolute atomic E-state index is 0.283. The maximum atomic E-state index is 12.9. The molecular weight excluding hydrogens is 391 g/mol. The first-order chi connectivity index (χ1) is 12.6. The third-order valence-electron chi connectivity index (χ3n) is 3.59. The van der Waals surface area contributed by atoms with Crippen LogP contribution >= 0.6 is 34.5 Å². The van der Waals surface area contributed by atoms with E-state index in [1.807, 2.05) is 6.07 Å². The quantitative estimate of drug-likeness (QED) is 0.443. The van der Waals surface area contributed by atoms with Gasteiger partial charge in [0, 0.05) is 5.56 Å². The Morgan fingerprint density at radius 3 is 2.38 bits per heavy atom. The highest BCUT2D eigenvalue weighted by Gasteiger charge is 2.24. The zero-order valence-corrected chi connectivity index (χ0v) is 15.7. The number of Topliss-reactive ketones (excluding diaryl/α,β-unsaturated/α-hetero) is 1. The van der Waals surface area contributed by atoms with E-state index in [1.54, 1.807) is 60.0 Å². The second kappa shape index (κ2) is 8.36. The van der Waals surface area contributed by atoms with E-state index in [0.29, 0.717) is 21.2 Å². The van der Waals surface area contributed by atoms with Gasteiger partial charge < -0.3 is 10.6 Å². The number of nitrogens with one attached hydrogen (secondary N) is 2. The Kier molecular flexibility index (Phi) is 5.93. The zero-order chi connectivity index (χ0) is 18.5. The largest absolute Gasteiger partial charge is 0.358 e. The summed E-state index contributed by atoms with van der Waals surface area (Å²) in [5, 5.41) is 8.14. The van der Waals surface area contributed by atoms with Crippen LogP contribution in [0.3, 0.4) is 0 Å². The van der Waals surface area contributed by atoms with Gasteiger partial charge in [0.1, 0.15) is 0 Å². The van der Waals surface area contributed by atoms with Crippen molar-refractivity contribution in [2.75, 3.05) is 5.32 Å². The molecule has 0 spiro atoms. The first-order valence-electron chi connectivity index (χ1n) is 7.70. The minimum Gasteiger partial charge on any atom is -0.358 e. The Hall–Kier alpha value is -2.34. The molecular formula is C19H14Cl2N2O2S. The van der Waals surface area contributed by atoms with Crippen molar-refractivity contribution in [2.24, 2.45) is 0 Å². The van der Waals surface area contributed by atoms with Crippen LogP contribution in [0.2, 0.25) is 10.0 Å². The fourth-order valence-electron chi connectivity index (χ4n) is 2.32. The average Bonchev–Trinajstić information content (AvgIpc) is 3.20. The van der Waals surface area contributed by atoms with E-state index in [4.69, 9.17) is 23.2 Å². The topological polar surface area (TPSA) is 58.2 Å². The van der Waals surface area contributed by atoms with E-state index in [2.05, 4.69) is 10.6 Å². The molecule has 0 saturated carbocycles. The van der Waals surface area contributed by atoms with Crippen LogP contribution in [0.4, 0.5) is 5.69 Å². The minimum atomic E-state index is -0.997. The number of amides is 1. The van der Waals surface area contributed by atoms with Crippen molar-refractivity contribution in [1.82, 2.24) is 5.32 Å². The van der Waals surface area contributed by atoms with Crippen molar-refractivity contribution in [3.05, 3.63) is 86.5 Å². The fourth-order valence-corrected chi connectivity index (χ4v) is 3.30. The fraction of sp³-hybridized carbons (Fsp3) is 0.0526. The number of thiophene rings is 1. The number of hydrogen-bond acceptors (Lipinski definition) is 4. The predicted octanol–water partition coefficient (Wildman–Crippen LogP) is 5.11. The second-order valence-corrected chi connectivity index (χ2v) is 7.09. The van der Waals surface area contributed by atoms with Crippen molar-refractivity contribution >= 4 is 51.9 Å². The molecule has 3 rings (SSSR count). The number of carbonyl (C=O) groups is 2. The highest BCUT2D eigenvalue weighted by molar-refractivity contribution is 7.12. The number of rotatable bonds is 6. The maximum Gasteiger partial charge on any atom is 0.263 e. The molecule has 0 bridgehead atoms. The Morgan fingerprint density at radius 2 is 1.69 bits per heavy atom. The molecule has 1 aromatic heterocycles. The SMILES string of the molecule is O=C(N[C@@H](Nc1cccc(Cl)c1Cl)C(=O)c1ccccc1)c1cccs1. The molecule has 1 heterocycles. The van der Waals surface area contributed by atoms with Crippen molar-refractivity contribution in [2.45, 2.75) is 6.17 Å². The molecule has 0 aliphatic rings. The van der Waals surface area contributed by atoms with Gasteiger partial charge in [-0.05, 0) is 23.6 Å². The van der Waals surface area contributed by atoms with Crippen molar-refractivity contribution < 1.29 is 9.59 Å². The van der Waals surface area contributed by atoms with Gasteiger partial charge in [-0.15, -0.1) is 11.3 Å². The molecule has 132 valence electrons. The lowest BCUT2D eigenvalue weighted by Crippen LogP contribution is -2.46.